The zero-order valence-corrected chi connectivity index (χ0v) is 20.3. The summed E-state index contributed by atoms with van der Waals surface area (Å²) in [6.45, 7) is 6.29. The van der Waals surface area contributed by atoms with Crippen molar-refractivity contribution < 1.29 is 4.42 Å². The van der Waals surface area contributed by atoms with Crippen LogP contribution in [-0.4, -0.2) is 35.6 Å². The number of guanidine groups is 1. The largest absolute Gasteiger partial charge is 0.444 e. The summed E-state index contributed by atoms with van der Waals surface area (Å²) in [5.74, 6) is 1.43. The van der Waals surface area contributed by atoms with Crippen LogP contribution in [0.2, 0.25) is 5.15 Å². The summed E-state index contributed by atoms with van der Waals surface area (Å²) in [4.78, 5) is 13.3. The number of aliphatic imine (C=N–C) groups is 1. The van der Waals surface area contributed by atoms with Crippen molar-refractivity contribution in [1.82, 2.24) is 20.6 Å². The second kappa shape index (κ2) is 12.5. The normalized spacial score (nSPS) is 11.1. The SMILES string of the molecule is CCNC(=NCCc1coc(-c2ccc(C)cc2)n1)NCCc1ccc(Cl)nc1.I. The van der Waals surface area contributed by atoms with E-state index in [1.807, 2.05) is 25.1 Å². The summed E-state index contributed by atoms with van der Waals surface area (Å²) in [6.07, 6.45) is 5.06. The number of hydrogen-bond acceptors (Lipinski definition) is 4. The van der Waals surface area contributed by atoms with Crippen molar-refractivity contribution >= 4 is 41.5 Å². The molecule has 0 spiro atoms. The number of halogens is 2. The highest BCUT2D eigenvalue weighted by Crippen LogP contribution is 2.19. The maximum Gasteiger partial charge on any atom is 0.226 e. The fraction of sp³-hybridized carbons (Fsp3) is 0.318. The number of rotatable bonds is 8. The summed E-state index contributed by atoms with van der Waals surface area (Å²) < 4.78 is 5.61. The zero-order valence-electron chi connectivity index (χ0n) is 17.2. The molecule has 0 amide bonds. The highest BCUT2D eigenvalue weighted by Gasteiger charge is 2.06. The molecule has 30 heavy (non-hydrogen) atoms. The number of nitrogens with zero attached hydrogens (tertiary/aromatic N) is 3. The predicted octanol–water partition coefficient (Wildman–Crippen LogP) is 4.66. The molecule has 8 heteroatoms. The Kier molecular flexibility index (Phi) is 10.1. The van der Waals surface area contributed by atoms with Crippen LogP contribution in [0, 0.1) is 6.92 Å². The van der Waals surface area contributed by atoms with Gasteiger partial charge in [0.05, 0.1) is 5.69 Å². The van der Waals surface area contributed by atoms with E-state index in [-0.39, 0.29) is 24.0 Å². The number of aryl methyl sites for hydroxylation is 1. The third-order valence-electron chi connectivity index (χ3n) is 4.33. The van der Waals surface area contributed by atoms with E-state index >= 15 is 0 Å². The molecule has 0 aliphatic heterocycles. The van der Waals surface area contributed by atoms with E-state index in [0.29, 0.717) is 24.0 Å². The molecule has 0 saturated heterocycles. The van der Waals surface area contributed by atoms with Crippen molar-refractivity contribution in [2.75, 3.05) is 19.6 Å². The van der Waals surface area contributed by atoms with Gasteiger partial charge in [-0.05, 0) is 44.0 Å². The molecule has 0 fully saturated rings. The van der Waals surface area contributed by atoms with Gasteiger partial charge in [-0.25, -0.2) is 9.97 Å². The van der Waals surface area contributed by atoms with Gasteiger partial charge in [0.15, 0.2) is 5.96 Å². The first-order valence-electron chi connectivity index (χ1n) is 9.78. The Hall–Kier alpha value is -2.13. The van der Waals surface area contributed by atoms with Crippen LogP contribution in [0.15, 0.2) is 58.3 Å². The van der Waals surface area contributed by atoms with Gasteiger partial charge in [0.1, 0.15) is 11.4 Å². The summed E-state index contributed by atoms with van der Waals surface area (Å²) in [7, 11) is 0. The van der Waals surface area contributed by atoms with Gasteiger partial charge in [-0.15, -0.1) is 24.0 Å². The molecule has 0 atom stereocenters. The monoisotopic (exact) mass is 539 g/mol. The van der Waals surface area contributed by atoms with Gasteiger partial charge in [0, 0.05) is 37.8 Å². The van der Waals surface area contributed by atoms with Crippen molar-refractivity contribution in [3.63, 3.8) is 0 Å². The van der Waals surface area contributed by atoms with Gasteiger partial charge in [-0.1, -0.05) is 35.4 Å². The lowest BCUT2D eigenvalue weighted by Gasteiger charge is -2.11. The molecule has 160 valence electrons. The molecule has 0 unspecified atom stereocenters. The van der Waals surface area contributed by atoms with Crippen LogP contribution in [0.25, 0.3) is 11.5 Å². The van der Waals surface area contributed by atoms with Crippen molar-refractivity contribution in [2.24, 2.45) is 4.99 Å². The molecule has 3 aromatic rings. The number of aromatic nitrogens is 2. The van der Waals surface area contributed by atoms with Gasteiger partial charge in [0.25, 0.3) is 0 Å². The number of benzene rings is 1. The first kappa shape index (κ1) is 24.1. The van der Waals surface area contributed by atoms with E-state index in [1.165, 1.54) is 5.56 Å². The summed E-state index contributed by atoms with van der Waals surface area (Å²) >= 11 is 5.82. The summed E-state index contributed by atoms with van der Waals surface area (Å²) in [5.41, 5.74) is 4.22. The Morgan fingerprint density at radius 3 is 2.60 bits per heavy atom. The Morgan fingerprint density at radius 2 is 1.90 bits per heavy atom. The Bertz CT molecular complexity index is 925. The van der Waals surface area contributed by atoms with Crippen LogP contribution < -0.4 is 10.6 Å². The molecule has 0 aliphatic rings. The molecular weight excluding hydrogens is 513 g/mol. The molecular formula is C22H27ClIN5O. The molecule has 0 radical (unpaired) electrons. The van der Waals surface area contributed by atoms with E-state index in [9.17, 15) is 0 Å². The quantitative estimate of drug-likeness (QED) is 0.189. The first-order valence-corrected chi connectivity index (χ1v) is 10.2. The van der Waals surface area contributed by atoms with Crippen molar-refractivity contribution in [2.45, 2.75) is 26.7 Å². The van der Waals surface area contributed by atoms with Gasteiger partial charge >= 0.3 is 0 Å². The molecule has 6 nitrogen and oxygen atoms in total. The summed E-state index contributed by atoms with van der Waals surface area (Å²) in [5, 5.41) is 7.11. The first-order chi connectivity index (χ1) is 14.1. The molecule has 1 aromatic carbocycles. The number of pyridine rings is 1. The fourth-order valence-electron chi connectivity index (χ4n) is 2.75. The van der Waals surface area contributed by atoms with Crippen LogP contribution in [0.4, 0.5) is 0 Å². The smallest absolute Gasteiger partial charge is 0.226 e. The van der Waals surface area contributed by atoms with Gasteiger partial charge in [-0.3, -0.25) is 4.99 Å². The second-order valence-corrected chi connectivity index (χ2v) is 7.07. The van der Waals surface area contributed by atoms with Gasteiger partial charge < -0.3 is 15.1 Å². The van der Waals surface area contributed by atoms with Crippen molar-refractivity contribution in [1.29, 1.82) is 0 Å². The van der Waals surface area contributed by atoms with E-state index in [1.54, 1.807) is 18.5 Å². The predicted molar refractivity (Wildman–Crippen MR) is 133 cm³/mol. The molecule has 2 aromatic heterocycles. The van der Waals surface area contributed by atoms with E-state index in [4.69, 9.17) is 16.0 Å². The highest BCUT2D eigenvalue weighted by atomic mass is 127. The average molecular weight is 540 g/mol. The lowest BCUT2D eigenvalue weighted by Crippen LogP contribution is -2.38. The van der Waals surface area contributed by atoms with E-state index < -0.39 is 0 Å². The highest BCUT2D eigenvalue weighted by molar-refractivity contribution is 14.0. The number of nitrogens with one attached hydrogen (secondary N) is 2. The molecule has 0 aliphatic carbocycles. The number of oxazole rings is 1. The lowest BCUT2D eigenvalue weighted by molar-refractivity contribution is 0.572. The van der Waals surface area contributed by atoms with Crippen LogP contribution in [0.3, 0.4) is 0 Å². The van der Waals surface area contributed by atoms with E-state index in [0.717, 1.165) is 42.3 Å². The lowest BCUT2D eigenvalue weighted by atomic mass is 10.1. The van der Waals surface area contributed by atoms with Gasteiger partial charge in [0.2, 0.25) is 5.89 Å². The third-order valence-corrected chi connectivity index (χ3v) is 4.55. The standard InChI is InChI=1S/C22H26ClN5O.HI/c1-3-24-22(25-12-10-17-6-9-20(23)27-14-17)26-13-11-19-15-29-21(28-19)18-7-4-16(2)5-8-18;/h4-9,14-15H,3,10-13H2,1-2H3,(H2,24,25,26);1H. The molecule has 3 rings (SSSR count). The second-order valence-electron chi connectivity index (χ2n) is 6.69. The van der Waals surface area contributed by atoms with Crippen molar-refractivity contribution in [3.8, 4) is 11.5 Å². The maximum absolute atomic E-state index is 5.82. The minimum atomic E-state index is 0. The minimum absolute atomic E-state index is 0. The van der Waals surface area contributed by atoms with E-state index in [2.05, 4.69) is 44.7 Å². The Balaban J connectivity index is 0.00000320. The molecule has 0 bridgehead atoms. The Labute approximate surface area is 199 Å². The maximum atomic E-state index is 5.82. The van der Waals surface area contributed by atoms with Crippen molar-refractivity contribution in [3.05, 3.63) is 70.8 Å². The van der Waals surface area contributed by atoms with Crippen LogP contribution in [-0.2, 0) is 12.8 Å². The average Bonchev–Trinajstić information content (AvgIpc) is 3.19. The third kappa shape index (κ3) is 7.60. The van der Waals surface area contributed by atoms with Crippen LogP contribution in [0.5, 0.6) is 0 Å². The van der Waals surface area contributed by atoms with Crippen LogP contribution in [0.1, 0.15) is 23.7 Å². The minimum Gasteiger partial charge on any atom is -0.444 e. The van der Waals surface area contributed by atoms with Crippen LogP contribution >= 0.6 is 35.6 Å². The fourth-order valence-corrected chi connectivity index (χ4v) is 2.87. The number of hydrogen-bond donors (Lipinski definition) is 2. The molecule has 0 saturated carbocycles. The topological polar surface area (TPSA) is 75.3 Å². The molecule has 2 heterocycles. The molecule has 2 N–H and O–H groups in total. The summed E-state index contributed by atoms with van der Waals surface area (Å²) in [6, 6.07) is 11.9. The Morgan fingerprint density at radius 1 is 1.10 bits per heavy atom. The zero-order chi connectivity index (χ0) is 20.5. The van der Waals surface area contributed by atoms with Gasteiger partial charge in [-0.2, -0.15) is 0 Å².